The lowest BCUT2D eigenvalue weighted by atomic mass is 9.86. The molecule has 2 aromatic carbocycles. The van der Waals surface area contributed by atoms with E-state index in [2.05, 4.69) is 34.0 Å². The van der Waals surface area contributed by atoms with Crippen LogP contribution in [0.25, 0.3) is 0 Å². The Morgan fingerprint density at radius 2 is 1.56 bits per heavy atom. The Balaban J connectivity index is 0.00000161. The van der Waals surface area contributed by atoms with Gasteiger partial charge in [-0.05, 0) is 29.7 Å². The summed E-state index contributed by atoms with van der Waals surface area (Å²) in [6.07, 6.45) is 3.66. The molecular weight excluding hydrogens is 518 g/mol. The van der Waals surface area contributed by atoms with Gasteiger partial charge in [0.25, 0.3) is 0 Å². The number of nitrogens with zero attached hydrogens (tertiary/aromatic N) is 1. The number of carbonyl (C=O) groups is 1. The predicted octanol–water partition coefficient (Wildman–Crippen LogP) is 8.20. The van der Waals surface area contributed by atoms with Crippen LogP contribution in [-0.4, -0.2) is 59.0 Å². The normalized spacial score (nSPS) is 15.0. The molecule has 0 saturated heterocycles. The number of fused-ring (bicyclic) bond motifs is 2. The molecule has 2 aromatic rings. The minimum atomic E-state index is -0.00605. The van der Waals surface area contributed by atoms with Crippen molar-refractivity contribution in [2.24, 2.45) is 0 Å². The van der Waals surface area contributed by atoms with Crippen LogP contribution in [-0.2, 0) is 17.6 Å². The first-order valence-electron chi connectivity index (χ1n) is 15.3. The lowest BCUT2D eigenvalue weighted by Crippen LogP contribution is -2.48. The third kappa shape index (κ3) is 10.1. The maximum Gasteiger partial charge on any atom is 0.231 e. The highest BCUT2D eigenvalue weighted by atomic mass is 16.7. The number of rotatable bonds is 8. The summed E-state index contributed by atoms with van der Waals surface area (Å²) >= 11 is 0. The summed E-state index contributed by atoms with van der Waals surface area (Å²) in [5.74, 6) is 3.77. The van der Waals surface area contributed by atoms with Gasteiger partial charge >= 0.3 is 0 Å². The molecule has 0 aromatic heterocycles. The average Bonchev–Trinajstić information content (AvgIpc) is 3.48. The van der Waals surface area contributed by atoms with Crippen LogP contribution in [0.15, 0.2) is 24.3 Å². The van der Waals surface area contributed by atoms with Crippen LogP contribution in [0.5, 0.6) is 28.7 Å². The zero-order chi connectivity index (χ0) is 31.6. The van der Waals surface area contributed by atoms with Crippen molar-refractivity contribution in [2.45, 2.75) is 93.5 Å². The van der Waals surface area contributed by atoms with E-state index in [9.17, 15) is 4.79 Å². The van der Waals surface area contributed by atoms with Crippen molar-refractivity contribution in [3.05, 3.63) is 41.0 Å². The quantitative estimate of drug-likeness (QED) is 0.295. The second-order valence-electron chi connectivity index (χ2n) is 9.61. The number of hydrogen-bond donors (Lipinski definition) is 0. The molecule has 2 aliphatic heterocycles. The van der Waals surface area contributed by atoms with Gasteiger partial charge in [0, 0.05) is 18.9 Å². The summed E-state index contributed by atoms with van der Waals surface area (Å²) in [5.41, 5.74) is 3.25. The van der Waals surface area contributed by atoms with Crippen molar-refractivity contribution in [1.29, 1.82) is 0 Å². The number of benzene rings is 2. The van der Waals surface area contributed by atoms with E-state index in [1.807, 2.05) is 59.7 Å². The Labute approximate surface area is 250 Å². The molecule has 0 amide bonds. The summed E-state index contributed by atoms with van der Waals surface area (Å²) in [4.78, 5) is 13.2. The topological polar surface area (TPSA) is 63.2 Å². The van der Waals surface area contributed by atoms with Gasteiger partial charge in [-0.15, -0.1) is 0 Å². The van der Waals surface area contributed by atoms with Crippen molar-refractivity contribution in [3.63, 3.8) is 0 Å². The molecule has 7 heteroatoms. The number of quaternary nitrogens is 1. The maximum absolute atomic E-state index is 13.2. The minimum absolute atomic E-state index is 0.00605. The Morgan fingerprint density at radius 3 is 2.12 bits per heavy atom. The van der Waals surface area contributed by atoms with Gasteiger partial charge in [0.15, 0.2) is 11.5 Å². The molecule has 0 spiro atoms. The van der Waals surface area contributed by atoms with Crippen LogP contribution in [0.1, 0.15) is 97.4 Å². The van der Waals surface area contributed by atoms with Crippen LogP contribution in [0.3, 0.4) is 0 Å². The molecule has 2 aliphatic rings. The van der Waals surface area contributed by atoms with Crippen LogP contribution >= 0.6 is 0 Å². The molecule has 1 unspecified atom stereocenters. The molecule has 4 rings (SSSR count). The van der Waals surface area contributed by atoms with Crippen LogP contribution < -0.4 is 23.7 Å². The highest BCUT2D eigenvalue weighted by Crippen LogP contribution is 2.51. The van der Waals surface area contributed by atoms with E-state index >= 15 is 0 Å². The van der Waals surface area contributed by atoms with Crippen molar-refractivity contribution < 1.29 is 33.0 Å². The lowest BCUT2D eigenvalue weighted by Gasteiger charge is -2.43. The Morgan fingerprint density at radius 1 is 0.927 bits per heavy atom. The molecule has 234 valence electrons. The third-order valence-corrected chi connectivity index (χ3v) is 6.67. The zero-order valence-electron chi connectivity index (χ0n) is 28.2. The van der Waals surface area contributed by atoms with Gasteiger partial charge in [0.2, 0.25) is 12.5 Å². The Bertz CT molecular complexity index is 1030. The average molecular weight is 577 g/mol. The molecule has 0 aliphatic carbocycles. The van der Waals surface area contributed by atoms with Gasteiger partial charge in [-0.3, -0.25) is 4.79 Å². The first kappa shape index (κ1) is 38.1. The molecule has 0 fully saturated rings. The van der Waals surface area contributed by atoms with E-state index in [0.29, 0.717) is 30.8 Å². The Kier molecular flexibility index (Phi) is 18.6. The monoisotopic (exact) mass is 576 g/mol. The van der Waals surface area contributed by atoms with Gasteiger partial charge < -0.3 is 28.2 Å². The number of likely N-dealkylation sites (N-methyl/N-ethyl adjacent to an activating group) is 1. The number of hydrogen-bond acceptors (Lipinski definition) is 6. The largest absolute Gasteiger partial charge is 0.497 e. The molecular formula is C34H58NO6+. The van der Waals surface area contributed by atoms with E-state index in [4.69, 9.17) is 23.7 Å². The smallest absolute Gasteiger partial charge is 0.231 e. The number of ether oxygens (including phenoxy) is 5. The van der Waals surface area contributed by atoms with E-state index < -0.39 is 0 Å². The van der Waals surface area contributed by atoms with Gasteiger partial charge in [-0.1, -0.05) is 67.9 Å². The maximum atomic E-state index is 13.2. The number of carbonyl (C=O) groups excluding carboxylic acids is 1. The van der Waals surface area contributed by atoms with E-state index in [0.717, 1.165) is 45.8 Å². The van der Waals surface area contributed by atoms with Crippen molar-refractivity contribution in [1.82, 2.24) is 0 Å². The molecule has 0 N–H and O–H groups in total. The highest BCUT2D eigenvalue weighted by Gasteiger charge is 2.42. The fourth-order valence-electron chi connectivity index (χ4n) is 4.77. The SMILES string of the molecule is CC.CC.CC.CCC.COc1ccc(CCC(=O)CC2c3c(cc4c(c3OC)OCO4)CC[N+]2(C)C)c(OC)c1. The van der Waals surface area contributed by atoms with Gasteiger partial charge in [0.05, 0.1) is 54.0 Å². The van der Waals surface area contributed by atoms with E-state index in [1.165, 1.54) is 12.0 Å². The standard InChI is InChI=1S/C25H32NO6.C3H8.3C2H6/c1-26(2)11-10-17-12-22-24(32-15-31-22)25(30-5)23(17)20(26)13-18(27)8-6-16-7-9-19(28-3)14-21(16)29-4;1-3-2;3*1-2/h7,9,12,14,20H,6,8,10-11,13,15H2,1-5H3;3H2,1-2H3;3*1-2H3/q+1;;;;. The molecule has 41 heavy (non-hydrogen) atoms. The van der Waals surface area contributed by atoms with Crippen LogP contribution in [0, 0.1) is 0 Å². The summed E-state index contributed by atoms with van der Waals surface area (Å²) in [7, 11) is 9.27. The fourth-order valence-corrected chi connectivity index (χ4v) is 4.77. The van der Waals surface area contributed by atoms with E-state index in [-0.39, 0.29) is 18.6 Å². The summed E-state index contributed by atoms with van der Waals surface area (Å²) in [6.45, 7) is 17.4. The molecule has 0 radical (unpaired) electrons. The van der Waals surface area contributed by atoms with Crippen molar-refractivity contribution in [3.8, 4) is 28.7 Å². The number of Topliss-reactive ketones (excluding diaryl/α,β-unsaturated/α-hetero) is 1. The molecule has 1 atom stereocenters. The van der Waals surface area contributed by atoms with Crippen LogP contribution in [0.2, 0.25) is 0 Å². The highest BCUT2D eigenvalue weighted by molar-refractivity contribution is 5.80. The van der Waals surface area contributed by atoms with Crippen molar-refractivity contribution >= 4 is 5.78 Å². The third-order valence-electron chi connectivity index (χ3n) is 6.67. The molecule has 7 nitrogen and oxygen atoms in total. The van der Waals surface area contributed by atoms with Gasteiger partial charge in [0.1, 0.15) is 23.3 Å². The summed E-state index contributed by atoms with van der Waals surface area (Å²) in [6, 6.07) is 7.76. The zero-order valence-corrected chi connectivity index (χ0v) is 28.2. The van der Waals surface area contributed by atoms with Gasteiger partial charge in [-0.25, -0.2) is 0 Å². The number of aryl methyl sites for hydroxylation is 1. The lowest BCUT2D eigenvalue weighted by molar-refractivity contribution is -0.922. The number of ketones is 1. The molecule has 2 heterocycles. The molecule has 0 bridgehead atoms. The van der Waals surface area contributed by atoms with Crippen LogP contribution in [0.4, 0.5) is 0 Å². The minimum Gasteiger partial charge on any atom is -0.497 e. The second-order valence-corrected chi connectivity index (χ2v) is 9.61. The van der Waals surface area contributed by atoms with Crippen molar-refractivity contribution in [2.75, 3.05) is 48.8 Å². The summed E-state index contributed by atoms with van der Waals surface area (Å²) in [5, 5.41) is 0. The second kappa shape index (κ2) is 20.0. The number of methoxy groups -OCH3 is 3. The first-order valence-corrected chi connectivity index (χ1v) is 15.3. The summed E-state index contributed by atoms with van der Waals surface area (Å²) < 4.78 is 28.6. The fraction of sp³-hybridized carbons (Fsp3) is 0.618. The van der Waals surface area contributed by atoms with Gasteiger partial charge in [-0.2, -0.15) is 0 Å². The predicted molar refractivity (Wildman–Crippen MR) is 170 cm³/mol. The molecule has 0 saturated carbocycles. The van der Waals surface area contributed by atoms with E-state index in [1.54, 1.807) is 21.3 Å². The first-order chi connectivity index (χ1) is 19.8. The Hall–Kier alpha value is -2.93.